The number of hydrogen-bond acceptors (Lipinski definition) is 7. The van der Waals surface area contributed by atoms with E-state index in [1.54, 1.807) is 38.5 Å². The van der Waals surface area contributed by atoms with Gasteiger partial charge in [0.25, 0.3) is 0 Å². The first kappa shape index (κ1) is 29.2. The molecule has 8 heteroatoms. The van der Waals surface area contributed by atoms with Gasteiger partial charge in [0.05, 0.1) is 20.0 Å². The summed E-state index contributed by atoms with van der Waals surface area (Å²) in [7, 11) is 7.02. The normalized spacial score (nSPS) is 13.2. The molecule has 0 aliphatic carbocycles. The van der Waals surface area contributed by atoms with Gasteiger partial charge in [0.2, 0.25) is 0 Å². The van der Waals surface area contributed by atoms with Gasteiger partial charge in [0.1, 0.15) is 23.0 Å². The molecule has 4 rings (SSSR count). The molecule has 0 unspecified atom stereocenters. The lowest BCUT2D eigenvalue weighted by Crippen LogP contribution is -2.33. The van der Waals surface area contributed by atoms with Gasteiger partial charge < -0.3 is 24.6 Å². The van der Waals surface area contributed by atoms with Crippen molar-refractivity contribution in [3.8, 4) is 23.0 Å². The largest absolute Gasteiger partial charge is 0.508 e. The predicted octanol–water partition coefficient (Wildman–Crippen LogP) is 6.42. The Bertz CT molecular complexity index is 1380. The number of rotatable bonds is 13. The Morgan fingerprint density at radius 2 is 1.45 bits per heavy atom. The third kappa shape index (κ3) is 8.89. The molecule has 0 spiro atoms. The third-order valence-corrected chi connectivity index (χ3v) is 8.64. The van der Waals surface area contributed by atoms with Crippen molar-refractivity contribution in [2.45, 2.75) is 6.54 Å². The van der Waals surface area contributed by atoms with E-state index in [1.165, 1.54) is 0 Å². The number of methoxy groups -OCH3 is 2. The topological polar surface area (TPSA) is 66.0 Å². The van der Waals surface area contributed by atoms with Crippen LogP contribution in [0.2, 0.25) is 0 Å². The fourth-order valence-corrected chi connectivity index (χ4v) is 6.01. The van der Waals surface area contributed by atoms with Crippen LogP contribution in [0.15, 0.2) is 90.9 Å². The summed E-state index contributed by atoms with van der Waals surface area (Å²) in [4.78, 5) is 2.32. The average molecular weight is 576 g/mol. The van der Waals surface area contributed by atoms with Gasteiger partial charge in [-0.15, -0.1) is 0 Å². The molecule has 0 saturated carbocycles. The van der Waals surface area contributed by atoms with Gasteiger partial charge in [0, 0.05) is 54.2 Å². The number of nitrogens with zero attached hydrogens (tertiary/aromatic N) is 2. The van der Waals surface area contributed by atoms with Crippen molar-refractivity contribution in [3.63, 3.8) is 0 Å². The van der Waals surface area contributed by atoms with Gasteiger partial charge in [-0.3, -0.25) is 0 Å². The molecule has 0 bridgehead atoms. The van der Waals surface area contributed by atoms with E-state index in [-0.39, 0.29) is 11.5 Å². The van der Waals surface area contributed by atoms with E-state index in [1.807, 2.05) is 51.9 Å². The van der Waals surface area contributed by atoms with Crippen molar-refractivity contribution in [2.24, 2.45) is 0 Å². The summed E-state index contributed by atoms with van der Waals surface area (Å²) in [5.41, 5.74) is 4.12. The molecular formula is C32H35N2O4S2+. The minimum atomic E-state index is 0.193. The van der Waals surface area contributed by atoms with Crippen LogP contribution in [0.3, 0.4) is 0 Å². The van der Waals surface area contributed by atoms with Gasteiger partial charge in [0.15, 0.2) is 18.9 Å². The molecule has 0 saturated heterocycles. The molecule has 2 N–H and O–H groups in total. The molecule has 3 aromatic rings. The van der Waals surface area contributed by atoms with Crippen molar-refractivity contribution in [1.82, 2.24) is 4.90 Å². The SMILES string of the molecule is COc1cc(O)ccc1/C=C/C1=CCN(CCSSCC[n+]2ccc(/C=C/c3ccc(O)cc3OC)cc2)C=C1. The number of aromatic nitrogens is 1. The lowest BCUT2D eigenvalue weighted by atomic mass is 10.1. The first-order chi connectivity index (χ1) is 19.5. The minimum Gasteiger partial charge on any atom is -0.508 e. The van der Waals surface area contributed by atoms with Crippen LogP contribution in [0, 0.1) is 0 Å². The van der Waals surface area contributed by atoms with Crippen molar-refractivity contribution in [3.05, 3.63) is 108 Å². The number of ether oxygens (including phenoxy) is 2. The molecule has 1 aliphatic heterocycles. The molecule has 0 radical (unpaired) electrons. The van der Waals surface area contributed by atoms with Crippen LogP contribution in [-0.4, -0.2) is 53.9 Å². The third-order valence-electron chi connectivity index (χ3n) is 6.28. The van der Waals surface area contributed by atoms with E-state index >= 15 is 0 Å². The Morgan fingerprint density at radius 1 is 0.825 bits per heavy atom. The smallest absolute Gasteiger partial charge is 0.169 e. The Labute approximate surface area is 244 Å². The van der Waals surface area contributed by atoms with Crippen LogP contribution in [0.4, 0.5) is 0 Å². The van der Waals surface area contributed by atoms with Crippen molar-refractivity contribution in [1.29, 1.82) is 0 Å². The highest BCUT2D eigenvalue weighted by atomic mass is 33.1. The maximum absolute atomic E-state index is 9.61. The van der Waals surface area contributed by atoms with Gasteiger partial charge >= 0.3 is 0 Å². The second-order valence-electron chi connectivity index (χ2n) is 9.05. The number of hydrogen-bond donors (Lipinski definition) is 2. The maximum atomic E-state index is 9.61. The second-order valence-corrected chi connectivity index (χ2v) is 11.7. The molecule has 1 aliphatic rings. The Morgan fingerprint density at radius 3 is 2.05 bits per heavy atom. The van der Waals surface area contributed by atoms with Crippen LogP contribution >= 0.6 is 21.6 Å². The molecule has 208 valence electrons. The summed E-state index contributed by atoms with van der Waals surface area (Å²) in [6.45, 7) is 2.86. The van der Waals surface area contributed by atoms with Crippen molar-refractivity contribution in [2.75, 3.05) is 38.8 Å². The molecular weight excluding hydrogens is 540 g/mol. The van der Waals surface area contributed by atoms with Crippen LogP contribution in [0.1, 0.15) is 16.7 Å². The molecule has 0 fully saturated rings. The highest BCUT2D eigenvalue weighted by Gasteiger charge is 2.06. The monoisotopic (exact) mass is 575 g/mol. The molecule has 2 aromatic carbocycles. The Kier molecular flexibility index (Phi) is 11.1. The summed E-state index contributed by atoms with van der Waals surface area (Å²) in [6.07, 6.45) is 18.8. The number of pyridine rings is 1. The number of aromatic hydroxyl groups is 2. The number of allylic oxidation sites excluding steroid dienone is 3. The summed E-state index contributed by atoms with van der Waals surface area (Å²) in [5.74, 6) is 3.80. The number of phenols is 2. The Balaban J connectivity index is 1.12. The summed E-state index contributed by atoms with van der Waals surface area (Å²) >= 11 is 0. The van der Waals surface area contributed by atoms with E-state index in [4.69, 9.17) is 9.47 Å². The van der Waals surface area contributed by atoms with Gasteiger partial charge in [-0.25, -0.2) is 4.57 Å². The zero-order valence-corrected chi connectivity index (χ0v) is 24.4. The summed E-state index contributed by atoms with van der Waals surface area (Å²) in [6, 6.07) is 14.4. The zero-order valence-electron chi connectivity index (χ0n) is 22.8. The highest BCUT2D eigenvalue weighted by Crippen LogP contribution is 2.27. The Hall–Kier alpha value is -3.75. The van der Waals surface area contributed by atoms with Crippen molar-refractivity contribution < 1.29 is 24.3 Å². The van der Waals surface area contributed by atoms with E-state index in [2.05, 4.69) is 58.4 Å². The van der Waals surface area contributed by atoms with Crippen molar-refractivity contribution >= 4 is 39.8 Å². The molecule has 0 amide bonds. The average Bonchev–Trinajstić information content (AvgIpc) is 2.98. The van der Waals surface area contributed by atoms with E-state index in [0.29, 0.717) is 11.5 Å². The molecule has 0 atom stereocenters. The van der Waals surface area contributed by atoms with Gasteiger partial charge in [-0.1, -0.05) is 52.0 Å². The number of aryl methyl sites for hydroxylation is 1. The van der Waals surface area contributed by atoms with Gasteiger partial charge in [-0.05, 0) is 47.7 Å². The fourth-order valence-electron chi connectivity index (χ4n) is 4.02. The first-order valence-corrected chi connectivity index (χ1v) is 15.5. The fraction of sp³-hybridized carbons (Fsp3) is 0.219. The van der Waals surface area contributed by atoms with E-state index in [9.17, 15) is 10.2 Å². The predicted molar refractivity (Wildman–Crippen MR) is 168 cm³/mol. The lowest BCUT2D eigenvalue weighted by Gasteiger charge is -2.21. The maximum Gasteiger partial charge on any atom is 0.169 e. The molecule has 6 nitrogen and oxygen atoms in total. The quantitative estimate of drug-likeness (QED) is 0.138. The van der Waals surface area contributed by atoms with Crippen LogP contribution in [0.25, 0.3) is 18.2 Å². The zero-order chi connectivity index (χ0) is 28.2. The van der Waals surface area contributed by atoms with Crippen LogP contribution < -0.4 is 14.0 Å². The molecule has 2 heterocycles. The number of phenolic OH excluding ortho intramolecular Hbond substituents is 2. The van der Waals surface area contributed by atoms with Crippen LogP contribution in [0.5, 0.6) is 23.0 Å². The molecule has 40 heavy (non-hydrogen) atoms. The molecule has 1 aromatic heterocycles. The van der Waals surface area contributed by atoms with Gasteiger partial charge in [-0.2, -0.15) is 0 Å². The number of benzene rings is 2. The summed E-state index contributed by atoms with van der Waals surface area (Å²) in [5, 5.41) is 19.2. The summed E-state index contributed by atoms with van der Waals surface area (Å²) < 4.78 is 12.9. The second kappa shape index (κ2) is 15.1. The lowest BCUT2D eigenvalue weighted by molar-refractivity contribution is -0.692. The highest BCUT2D eigenvalue weighted by molar-refractivity contribution is 8.76. The first-order valence-electron chi connectivity index (χ1n) is 13.0. The van der Waals surface area contributed by atoms with Crippen LogP contribution in [-0.2, 0) is 6.54 Å². The van der Waals surface area contributed by atoms with E-state index in [0.717, 1.165) is 53.4 Å². The minimum absolute atomic E-state index is 0.193. The van der Waals surface area contributed by atoms with E-state index < -0.39 is 0 Å². The standard InChI is InChI=1S/C32H34N2O4S2/c1-37-31-23-29(35)9-7-27(31)5-3-25-11-15-33(16-12-25)19-21-39-40-22-20-34-17-13-26(14-18-34)4-6-28-8-10-30(36)24-32(28)38-2/h3-17,23-24,36H,18-22H2,1-2H3/p+1/b6-4+.